The average molecular weight is 170 g/mol. The Kier molecular flexibility index (Phi) is 1.59. The van der Waals surface area contributed by atoms with Gasteiger partial charge in [-0.05, 0) is 13.8 Å². The molecule has 0 N–H and O–H groups in total. The normalized spacial score (nSPS) is 46.0. The molecule has 2 fully saturated rings. The lowest BCUT2D eigenvalue weighted by molar-refractivity contribution is -0.913. The molecule has 2 nitrogen and oxygen atoms in total. The maximum Gasteiger partial charge on any atom is 0.0979 e. The van der Waals surface area contributed by atoms with Crippen molar-refractivity contribution in [2.24, 2.45) is 0 Å². The predicted molar refractivity (Wildman–Crippen MR) is 48.9 cm³/mol. The number of nitrogens with zero attached hydrogens (tertiary/aromatic N) is 1. The summed E-state index contributed by atoms with van der Waals surface area (Å²) in [7, 11) is 4.66. The summed E-state index contributed by atoms with van der Waals surface area (Å²) in [5, 5.41) is 0. The molecule has 3 unspecified atom stereocenters. The molecule has 0 aromatic heterocycles. The van der Waals surface area contributed by atoms with Gasteiger partial charge in [-0.15, -0.1) is 0 Å². The maximum absolute atomic E-state index is 5.60. The van der Waals surface area contributed by atoms with Gasteiger partial charge < -0.3 is 9.22 Å². The van der Waals surface area contributed by atoms with Crippen LogP contribution in [0.4, 0.5) is 0 Å². The lowest BCUT2D eigenvalue weighted by Crippen LogP contribution is -2.48. The Hall–Kier alpha value is -0.0800. The topological polar surface area (TPSA) is 12.5 Å². The molecule has 0 spiro atoms. The Morgan fingerprint density at radius 3 is 2.58 bits per heavy atom. The van der Waals surface area contributed by atoms with E-state index in [1.807, 2.05) is 0 Å². The summed E-state index contributed by atoms with van der Waals surface area (Å²) in [6.07, 6.45) is 3.13. The van der Waals surface area contributed by atoms with Crippen molar-refractivity contribution >= 4 is 0 Å². The van der Waals surface area contributed by atoms with Gasteiger partial charge in [0.2, 0.25) is 0 Å². The molecule has 0 aromatic carbocycles. The minimum absolute atomic E-state index is 0.273. The molecule has 2 aliphatic rings. The molecule has 1 aliphatic heterocycles. The van der Waals surface area contributed by atoms with Crippen LogP contribution in [-0.2, 0) is 4.74 Å². The minimum Gasteiger partial charge on any atom is -0.366 e. The highest BCUT2D eigenvalue weighted by Gasteiger charge is 2.62. The van der Waals surface area contributed by atoms with Crippen LogP contribution in [0, 0.1) is 0 Å². The number of quaternary nitrogens is 1. The quantitative estimate of drug-likeness (QED) is 0.451. The molecule has 0 aromatic rings. The molecule has 0 radical (unpaired) electrons. The summed E-state index contributed by atoms with van der Waals surface area (Å²) in [4.78, 5) is 0. The molecule has 1 saturated carbocycles. The molecule has 0 bridgehead atoms. The monoisotopic (exact) mass is 170 g/mol. The Morgan fingerprint density at radius 1 is 1.50 bits per heavy atom. The lowest BCUT2D eigenvalue weighted by Gasteiger charge is -2.36. The second-order valence-electron chi connectivity index (χ2n) is 5.11. The number of fused-ring (bicyclic) bond motifs is 1. The highest BCUT2D eigenvalue weighted by molar-refractivity contribution is 5.07. The number of hydrogen-bond acceptors (Lipinski definition) is 1. The molecule has 70 valence electrons. The van der Waals surface area contributed by atoms with Crippen LogP contribution in [0.2, 0.25) is 0 Å². The second-order valence-corrected chi connectivity index (χ2v) is 5.11. The molecular weight excluding hydrogens is 150 g/mol. The molecule has 1 saturated heterocycles. The zero-order valence-corrected chi connectivity index (χ0v) is 8.63. The van der Waals surface area contributed by atoms with Crippen molar-refractivity contribution in [2.75, 3.05) is 20.6 Å². The number of epoxide rings is 1. The summed E-state index contributed by atoms with van der Waals surface area (Å²) < 4.78 is 6.76. The average Bonchev–Trinajstić information content (AvgIpc) is 2.50. The van der Waals surface area contributed by atoms with E-state index < -0.39 is 0 Å². The standard InChI is InChI=1S/C10H20NO/c1-5-11(3,4)8-6-9-10(2,7-8)12-9/h8-9H,5-7H2,1-4H3/q+1. The fourth-order valence-corrected chi connectivity index (χ4v) is 2.36. The third-order valence-electron chi connectivity index (χ3n) is 3.97. The van der Waals surface area contributed by atoms with Gasteiger partial charge >= 0.3 is 0 Å². The van der Waals surface area contributed by atoms with Crippen LogP contribution in [0.15, 0.2) is 0 Å². The van der Waals surface area contributed by atoms with Crippen molar-refractivity contribution in [1.29, 1.82) is 0 Å². The third-order valence-corrected chi connectivity index (χ3v) is 3.97. The fraction of sp³-hybridized carbons (Fsp3) is 1.00. The first kappa shape index (κ1) is 8.52. The smallest absolute Gasteiger partial charge is 0.0979 e. The maximum atomic E-state index is 5.60. The van der Waals surface area contributed by atoms with E-state index >= 15 is 0 Å². The van der Waals surface area contributed by atoms with Crippen LogP contribution in [-0.4, -0.2) is 42.9 Å². The first-order chi connectivity index (χ1) is 5.48. The molecule has 3 atom stereocenters. The Labute approximate surface area is 75.1 Å². The molecule has 1 aliphatic carbocycles. The van der Waals surface area contributed by atoms with E-state index in [4.69, 9.17) is 4.74 Å². The molecular formula is C10H20NO+. The van der Waals surface area contributed by atoms with Gasteiger partial charge in [-0.25, -0.2) is 0 Å². The second kappa shape index (κ2) is 2.24. The van der Waals surface area contributed by atoms with Gasteiger partial charge in [0.15, 0.2) is 0 Å². The van der Waals surface area contributed by atoms with Gasteiger partial charge in [-0.1, -0.05) is 0 Å². The summed E-state index contributed by atoms with van der Waals surface area (Å²) in [6.45, 7) is 5.76. The molecule has 2 heteroatoms. The van der Waals surface area contributed by atoms with Gasteiger partial charge in [-0.3, -0.25) is 0 Å². The highest BCUT2D eigenvalue weighted by atomic mass is 16.6. The van der Waals surface area contributed by atoms with Crippen LogP contribution in [0.25, 0.3) is 0 Å². The third kappa shape index (κ3) is 1.09. The van der Waals surface area contributed by atoms with Crippen molar-refractivity contribution in [3.05, 3.63) is 0 Å². The van der Waals surface area contributed by atoms with Crippen LogP contribution in [0.1, 0.15) is 26.7 Å². The summed E-state index contributed by atoms with van der Waals surface area (Å²) in [5.74, 6) is 0. The molecule has 1 heterocycles. The van der Waals surface area contributed by atoms with Crippen molar-refractivity contribution in [3.63, 3.8) is 0 Å². The number of hydrogen-bond donors (Lipinski definition) is 0. The van der Waals surface area contributed by atoms with E-state index in [1.165, 1.54) is 19.4 Å². The molecule has 2 rings (SSSR count). The van der Waals surface area contributed by atoms with E-state index in [9.17, 15) is 0 Å². The Balaban J connectivity index is 2.01. The van der Waals surface area contributed by atoms with E-state index in [-0.39, 0.29) is 5.60 Å². The Bertz CT molecular complexity index is 202. The van der Waals surface area contributed by atoms with Crippen LogP contribution in [0.5, 0.6) is 0 Å². The lowest BCUT2D eigenvalue weighted by atomic mass is 10.1. The van der Waals surface area contributed by atoms with Crippen molar-refractivity contribution < 1.29 is 9.22 Å². The summed E-state index contributed by atoms with van der Waals surface area (Å²) >= 11 is 0. The van der Waals surface area contributed by atoms with E-state index in [1.54, 1.807) is 0 Å². The zero-order valence-electron chi connectivity index (χ0n) is 8.63. The number of ether oxygens (including phenoxy) is 1. The zero-order chi connectivity index (χ0) is 8.98. The van der Waals surface area contributed by atoms with Crippen molar-refractivity contribution in [3.8, 4) is 0 Å². The van der Waals surface area contributed by atoms with Crippen molar-refractivity contribution in [2.45, 2.75) is 44.4 Å². The highest BCUT2D eigenvalue weighted by Crippen LogP contribution is 2.51. The van der Waals surface area contributed by atoms with Crippen molar-refractivity contribution in [1.82, 2.24) is 0 Å². The van der Waals surface area contributed by atoms with E-state index in [0.717, 1.165) is 10.5 Å². The fourth-order valence-electron chi connectivity index (χ4n) is 2.36. The predicted octanol–water partition coefficient (Wildman–Crippen LogP) is 1.40. The SMILES string of the molecule is CC[N+](C)(C)C1CC2OC2(C)C1. The largest absolute Gasteiger partial charge is 0.366 e. The van der Waals surface area contributed by atoms with Crippen LogP contribution >= 0.6 is 0 Å². The first-order valence-corrected chi connectivity index (χ1v) is 4.98. The van der Waals surface area contributed by atoms with E-state index in [2.05, 4.69) is 27.9 Å². The number of rotatable bonds is 2. The minimum atomic E-state index is 0.273. The summed E-state index contributed by atoms with van der Waals surface area (Å²) in [5.41, 5.74) is 0.273. The molecule has 0 amide bonds. The van der Waals surface area contributed by atoms with Crippen LogP contribution in [0.3, 0.4) is 0 Å². The van der Waals surface area contributed by atoms with E-state index in [0.29, 0.717) is 6.10 Å². The van der Waals surface area contributed by atoms with Gasteiger partial charge in [-0.2, -0.15) is 0 Å². The van der Waals surface area contributed by atoms with Crippen LogP contribution < -0.4 is 0 Å². The summed E-state index contributed by atoms with van der Waals surface area (Å²) in [6, 6.07) is 0.832. The molecule has 12 heavy (non-hydrogen) atoms. The van der Waals surface area contributed by atoms with Gasteiger partial charge in [0, 0.05) is 12.8 Å². The van der Waals surface area contributed by atoms with Gasteiger partial charge in [0.1, 0.15) is 0 Å². The Morgan fingerprint density at radius 2 is 2.17 bits per heavy atom. The van der Waals surface area contributed by atoms with Gasteiger partial charge in [0.05, 0.1) is 38.4 Å². The first-order valence-electron chi connectivity index (χ1n) is 4.98. The van der Waals surface area contributed by atoms with Gasteiger partial charge in [0.25, 0.3) is 0 Å².